The molecule has 9 heterocycles. The second-order valence-electron chi connectivity index (χ2n) is 42.6. The van der Waals surface area contributed by atoms with Crippen LogP contribution >= 0.6 is 0 Å². The molecular formula is C138H95N9O3. The lowest BCUT2D eigenvalue weighted by Crippen LogP contribution is -2.15. The van der Waals surface area contributed by atoms with Crippen molar-refractivity contribution in [2.75, 3.05) is 0 Å². The molecule has 4 aliphatic carbocycles. The average Bonchev–Trinajstić information content (AvgIpc) is 1.55. The quantitative estimate of drug-likeness (QED) is 0.139. The highest BCUT2D eigenvalue weighted by molar-refractivity contribution is 6.26. The Balaban J connectivity index is 0.000000104. The van der Waals surface area contributed by atoms with E-state index in [0.717, 1.165) is 199 Å². The third-order valence-electron chi connectivity index (χ3n) is 32.9. The van der Waals surface area contributed by atoms with Crippen LogP contribution in [0.3, 0.4) is 0 Å². The molecule has 0 saturated carbocycles. The molecule has 0 fully saturated rings. The molecule has 12 nitrogen and oxygen atoms in total. The summed E-state index contributed by atoms with van der Waals surface area (Å²) in [5, 5.41) is 13.2. The van der Waals surface area contributed by atoms with Gasteiger partial charge in [0.05, 0.1) is 72.5 Å². The predicted molar refractivity (Wildman–Crippen MR) is 614 cm³/mol. The van der Waals surface area contributed by atoms with E-state index in [4.69, 9.17) is 43.2 Å². The van der Waals surface area contributed by atoms with Gasteiger partial charge in [-0.2, -0.15) is 0 Å². The number of nitrogens with zero attached hydrogens (tertiary/aromatic N) is 9. The standard InChI is InChI=1S/C52H37N3O.2C43H29N3O/c1-51(2)39-17-9-5-13-32(39)34-23-21-30(27-41(34)51)43-29-44(31-22-24-35-33-14-6-10-18-40(33)52(3,4)42(35)28-31)54-50(53-43)55-45-19-11-7-16-38(45)48-46(55)26-25-37-36-15-8-12-20-47(36)56-49(37)48;1-43(2)33-17-9-6-14-28(33)29-21-20-27(24-34(29)43)36-25-35(26-12-4-3-5-13-26)44-42(45-36)46-37-18-10-7-16-32(37)40-38(46)23-22-31-30-15-8-11-19-39(30)47-41(31)40;1-43(2)34-17-9-6-14-28(34)29-21-20-27(24-35(29)43)37-25-36(26-12-4-3-5-13-26)44-42(45-37)46-38-18-10-7-15-30(38)32-22-23-33-31-16-8-11-19-39(31)47-41(33)40(32)46/h5-29H,1-4H3;2*3-25H,1-2H3. The summed E-state index contributed by atoms with van der Waals surface area (Å²) in [5.41, 5.74) is 43.7. The summed E-state index contributed by atoms with van der Waals surface area (Å²) in [5.74, 6) is 1.87. The highest BCUT2D eigenvalue weighted by Gasteiger charge is 2.41. The number of fused-ring (bicyclic) bond motifs is 33. The van der Waals surface area contributed by atoms with Gasteiger partial charge in [0.1, 0.15) is 33.4 Å². The van der Waals surface area contributed by atoms with Crippen molar-refractivity contribution < 1.29 is 13.3 Å². The molecule has 0 radical (unpaired) electrons. The van der Waals surface area contributed by atoms with Crippen molar-refractivity contribution in [3.63, 3.8) is 0 Å². The molecule has 0 saturated heterocycles. The van der Waals surface area contributed by atoms with E-state index in [1.54, 1.807) is 0 Å². The van der Waals surface area contributed by atoms with E-state index < -0.39 is 0 Å². The molecule has 0 atom stereocenters. The third-order valence-corrected chi connectivity index (χ3v) is 32.9. The molecule has 0 amide bonds. The summed E-state index contributed by atoms with van der Waals surface area (Å²) in [7, 11) is 0. The molecule has 12 heteroatoms. The Bertz CT molecular complexity index is 10500. The van der Waals surface area contributed by atoms with Crippen molar-refractivity contribution in [2.45, 2.75) is 77.0 Å². The average molecular weight is 1930 g/mol. The van der Waals surface area contributed by atoms with Gasteiger partial charge in [-0.05, 0) is 198 Å². The van der Waals surface area contributed by atoms with Gasteiger partial charge in [0.25, 0.3) is 0 Å². The summed E-state index contributed by atoms with van der Waals surface area (Å²) >= 11 is 0. The van der Waals surface area contributed by atoms with Crippen molar-refractivity contribution in [1.29, 1.82) is 0 Å². The van der Waals surface area contributed by atoms with Crippen molar-refractivity contribution in [1.82, 2.24) is 43.6 Å². The molecule has 19 aromatic carbocycles. The molecular weight excluding hydrogens is 1830 g/mol. The normalized spacial score (nSPS) is 13.9. The zero-order valence-electron chi connectivity index (χ0n) is 83.7. The van der Waals surface area contributed by atoms with Crippen molar-refractivity contribution >= 4 is 131 Å². The molecule has 0 aliphatic heterocycles. The fourth-order valence-corrected chi connectivity index (χ4v) is 25.5. The van der Waals surface area contributed by atoms with E-state index in [9.17, 15) is 0 Å². The van der Waals surface area contributed by atoms with Gasteiger partial charge in [-0.3, -0.25) is 13.7 Å². The zero-order valence-corrected chi connectivity index (χ0v) is 83.7. The summed E-state index contributed by atoms with van der Waals surface area (Å²) in [4.78, 5) is 32.2. The summed E-state index contributed by atoms with van der Waals surface area (Å²) in [6, 6.07) is 153. The highest BCUT2D eigenvalue weighted by Crippen LogP contribution is 2.57. The fraction of sp³-hybridized carbons (Fsp3) is 0.0870. The van der Waals surface area contributed by atoms with Crippen LogP contribution in [0.5, 0.6) is 0 Å². The lowest BCUT2D eigenvalue weighted by Gasteiger charge is -2.22. The van der Waals surface area contributed by atoms with Crippen LogP contribution in [0.15, 0.2) is 444 Å². The smallest absolute Gasteiger partial charge is 0.235 e. The van der Waals surface area contributed by atoms with E-state index in [1.165, 1.54) is 89.0 Å². The number of hydrogen-bond donors (Lipinski definition) is 0. The van der Waals surface area contributed by atoms with Crippen LogP contribution < -0.4 is 0 Å². The Morgan fingerprint density at radius 1 is 0.173 bits per heavy atom. The molecule has 9 aromatic heterocycles. The van der Waals surface area contributed by atoms with Crippen molar-refractivity contribution in [3.8, 4) is 130 Å². The van der Waals surface area contributed by atoms with E-state index in [0.29, 0.717) is 17.8 Å². The van der Waals surface area contributed by atoms with Gasteiger partial charge in [0.2, 0.25) is 17.8 Å². The van der Waals surface area contributed by atoms with Crippen molar-refractivity contribution in [2.24, 2.45) is 0 Å². The number of benzene rings is 19. The zero-order chi connectivity index (χ0) is 100. The van der Waals surface area contributed by atoms with Gasteiger partial charge < -0.3 is 13.3 Å². The third kappa shape index (κ3) is 12.9. The van der Waals surface area contributed by atoms with Crippen molar-refractivity contribution in [3.05, 3.63) is 475 Å². The first-order valence-corrected chi connectivity index (χ1v) is 51.7. The van der Waals surface area contributed by atoms with Gasteiger partial charge in [-0.1, -0.05) is 377 Å². The minimum absolute atomic E-state index is 0.106. The molecule has 0 unspecified atom stereocenters. The Labute approximate surface area is 864 Å². The van der Waals surface area contributed by atoms with Crippen LogP contribution in [0.2, 0.25) is 0 Å². The maximum Gasteiger partial charge on any atom is 0.235 e. The number of aromatic nitrogens is 9. The van der Waals surface area contributed by atoms with Crippen LogP contribution in [-0.2, 0) is 21.7 Å². The van der Waals surface area contributed by atoms with Gasteiger partial charge in [-0.25, -0.2) is 29.9 Å². The number of furan rings is 3. The van der Waals surface area contributed by atoms with Crippen LogP contribution in [0, 0.1) is 0 Å². The van der Waals surface area contributed by atoms with Gasteiger partial charge >= 0.3 is 0 Å². The van der Waals surface area contributed by atoms with E-state index in [2.05, 4.69) is 451 Å². The first-order valence-electron chi connectivity index (χ1n) is 51.7. The van der Waals surface area contributed by atoms with E-state index in [1.807, 2.05) is 48.5 Å². The van der Waals surface area contributed by atoms with Crippen LogP contribution in [-0.4, -0.2) is 43.6 Å². The maximum atomic E-state index is 6.63. The largest absolute Gasteiger partial charge is 0.455 e. The Hall–Kier alpha value is -18.8. The SMILES string of the molecule is CC1(C)c2ccccc2-c2ccc(-c3cc(-c4ccc5c(c4)C(C)(C)c4ccccc4-5)nc(-n4c5ccccc5c5c6oc7ccccc7c6ccc54)n3)cc21.CC1(C)c2ccccc2-c2ccc(-c3cc(-c4ccccc4)nc(-n4c5ccccc5c5c6oc7ccccc7c6ccc54)n3)cc21.CC1(C)c2ccccc2-c2ccc(-c3cc(-c4ccccc4)nc(-n4c5ccccc5c5ccc6c7ccccc7oc6c54)n3)cc21. The Morgan fingerprint density at radius 3 is 0.780 bits per heavy atom. The molecule has 28 aromatic rings. The second kappa shape index (κ2) is 32.4. The first-order chi connectivity index (χ1) is 73.4. The summed E-state index contributed by atoms with van der Waals surface area (Å²) < 4.78 is 26.4. The monoisotopic (exact) mass is 1930 g/mol. The molecule has 32 rings (SSSR count). The molecule has 710 valence electrons. The minimum atomic E-state index is -0.133. The number of hydrogen-bond acceptors (Lipinski definition) is 9. The second-order valence-corrected chi connectivity index (χ2v) is 42.6. The van der Waals surface area contributed by atoms with E-state index in [-0.39, 0.29) is 21.7 Å². The molecule has 150 heavy (non-hydrogen) atoms. The summed E-state index contributed by atoms with van der Waals surface area (Å²) in [6.45, 7) is 18.6. The van der Waals surface area contributed by atoms with Crippen LogP contribution in [0.1, 0.15) is 99.9 Å². The number of para-hydroxylation sites is 6. The molecule has 0 N–H and O–H groups in total. The van der Waals surface area contributed by atoms with Gasteiger partial charge in [0, 0.05) is 109 Å². The maximum absolute atomic E-state index is 6.63. The molecule has 0 bridgehead atoms. The topological polar surface area (TPSA) is 132 Å². The highest BCUT2D eigenvalue weighted by atomic mass is 16.3. The molecule has 0 spiro atoms. The fourth-order valence-electron chi connectivity index (χ4n) is 25.5. The minimum Gasteiger partial charge on any atom is -0.455 e. The Morgan fingerprint density at radius 2 is 0.427 bits per heavy atom. The molecule has 4 aliphatic rings. The lowest BCUT2D eigenvalue weighted by molar-refractivity contribution is 0.660. The van der Waals surface area contributed by atoms with E-state index >= 15 is 0 Å². The summed E-state index contributed by atoms with van der Waals surface area (Å²) in [6.07, 6.45) is 0. The predicted octanol–water partition coefficient (Wildman–Crippen LogP) is 35.6. The van der Waals surface area contributed by atoms with Crippen LogP contribution in [0.4, 0.5) is 0 Å². The van der Waals surface area contributed by atoms with Gasteiger partial charge in [0.15, 0.2) is 5.58 Å². The first kappa shape index (κ1) is 86.7. The number of rotatable bonds is 9. The van der Waals surface area contributed by atoms with Gasteiger partial charge in [-0.15, -0.1) is 0 Å². The Kier molecular flexibility index (Phi) is 18.7. The lowest BCUT2D eigenvalue weighted by atomic mass is 9.81. The van der Waals surface area contributed by atoms with Crippen LogP contribution in [0.25, 0.3) is 261 Å².